The average molecular weight is 363 g/mol. The molecule has 2 aromatic carbocycles. The average Bonchev–Trinajstić information content (AvgIpc) is 2.46. The van der Waals surface area contributed by atoms with Crippen LogP contribution < -0.4 is 11.1 Å². The van der Waals surface area contributed by atoms with Crippen LogP contribution in [0.1, 0.15) is 30.9 Å². The van der Waals surface area contributed by atoms with Crippen LogP contribution in [0.5, 0.6) is 0 Å². The Morgan fingerprint density at radius 2 is 1.90 bits per heavy atom. The Morgan fingerprint density at radius 3 is 2.52 bits per heavy atom. The van der Waals surface area contributed by atoms with Gasteiger partial charge in [0.05, 0.1) is 0 Å². The lowest BCUT2D eigenvalue weighted by molar-refractivity contribution is 0.795. The molecule has 3 N–H and O–H groups in total. The Labute approximate surface area is 139 Å². The van der Waals surface area contributed by atoms with Crippen molar-refractivity contribution in [2.45, 2.75) is 26.2 Å². The predicted octanol–water partition coefficient (Wildman–Crippen LogP) is 5.17. The highest BCUT2D eigenvalue weighted by Crippen LogP contribution is 2.27. The van der Waals surface area contributed by atoms with Gasteiger partial charge in [0.1, 0.15) is 4.99 Å². The van der Waals surface area contributed by atoms with Crippen LogP contribution in [0.15, 0.2) is 46.9 Å². The molecule has 2 aromatic rings. The second-order valence-electron chi connectivity index (χ2n) is 4.95. The van der Waals surface area contributed by atoms with Gasteiger partial charge in [-0.3, -0.25) is 0 Å². The van der Waals surface area contributed by atoms with E-state index >= 15 is 0 Å². The molecule has 0 aromatic heterocycles. The van der Waals surface area contributed by atoms with Gasteiger partial charge in [-0.05, 0) is 58.6 Å². The largest absolute Gasteiger partial charge is 0.389 e. The molecule has 0 aliphatic rings. The van der Waals surface area contributed by atoms with Crippen LogP contribution in [0.4, 0.5) is 11.4 Å². The lowest BCUT2D eigenvalue weighted by Crippen LogP contribution is -2.12. The van der Waals surface area contributed by atoms with Crippen molar-refractivity contribution in [3.05, 3.63) is 58.1 Å². The molecule has 2 rings (SSSR count). The summed E-state index contributed by atoms with van der Waals surface area (Å²) in [7, 11) is 0. The minimum Gasteiger partial charge on any atom is -0.389 e. The molecule has 0 heterocycles. The second kappa shape index (κ2) is 7.57. The van der Waals surface area contributed by atoms with Gasteiger partial charge in [-0.1, -0.05) is 43.8 Å². The van der Waals surface area contributed by atoms with Crippen LogP contribution in [0.25, 0.3) is 0 Å². The lowest BCUT2D eigenvalue weighted by Gasteiger charge is -2.13. The Hall–Kier alpha value is -1.39. The fraction of sp³-hybridized carbons (Fsp3) is 0.235. The van der Waals surface area contributed by atoms with Crippen molar-refractivity contribution >= 4 is 44.5 Å². The van der Waals surface area contributed by atoms with E-state index in [0.717, 1.165) is 27.8 Å². The van der Waals surface area contributed by atoms with Gasteiger partial charge in [0.15, 0.2) is 0 Å². The molecule has 0 radical (unpaired) electrons. The van der Waals surface area contributed by atoms with E-state index in [2.05, 4.69) is 52.4 Å². The first kappa shape index (κ1) is 16.0. The third-order valence-corrected chi connectivity index (χ3v) is 4.18. The molecule has 110 valence electrons. The number of benzene rings is 2. The highest BCUT2D eigenvalue weighted by atomic mass is 79.9. The van der Waals surface area contributed by atoms with Crippen LogP contribution >= 0.6 is 28.1 Å². The standard InChI is InChI=1S/C17H19BrN2S/c1-2-3-5-12-8-10-13(11-9-12)20-15-7-4-6-14(18)16(15)17(19)21/h4,6-11,20H,2-3,5H2,1H3,(H2,19,21). The molecule has 0 atom stereocenters. The lowest BCUT2D eigenvalue weighted by atomic mass is 10.1. The third-order valence-electron chi connectivity index (χ3n) is 3.31. The maximum absolute atomic E-state index is 5.81. The molecule has 21 heavy (non-hydrogen) atoms. The number of hydrogen-bond donors (Lipinski definition) is 2. The molecule has 0 spiro atoms. The van der Waals surface area contributed by atoms with E-state index in [1.165, 1.54) is 18.4 Å². The van der Waals surface area contributed by atoms with Crippen LogP contribution in [0, 0.1) is 0 Å². The van der Waals surface area contributed by atoms with Crippen molar-refractivity contribution in [1.82, 2.24) is 0 Å². The maximum atomic E-state index is 5.81. The zero-order chi connectivity index (χ0) is 15.2. The van der Waals surface area contributed by atoms with E-state index in [9.17, 15) is 0 Å². The van der Waals surface area contributed by atoms with Crippen LogP contribution in [0.3, 0.4) is 0 Å². The number of anilines is 2. The molecule has 0 aliphatic carbocycles. The number of unbranched alkanes of at least 4 members (excludes halogenated alkanes) is 1. The van der Waals surface area contributed by atoms with Crippen molar-refractivity contribution < 1.29 is 0 Å². The van der Waals surface area contributed by atoms with Gasteiger partial charge < -0.3 is 11.1 Å². The number of aryl methyl sites for hydroxylation is 1. The topological polar surface area (TPSA) is 38.0 Å². The maximum Gasteiger partial charge on any atom is 0.107 e. The third kappa shape index (κ3) is 4.29. The smallest absolute Gasteiger partial charge is 0.107 e. The van der Waals surface area contributed by atoms with Crippen molar-refractivity contribution in [3.8, 4) is 0 Å². The normalized spacial score (nSPS) is 10.4. The van der Waals surface area contributed by atoms with Crippen molar-refractivity contribution in [2.24, 2.45) is 5.73 Å². The Morgan fingerprint density at radius 1 is 1.19 bits per heavy atom. The first-order chi connectivity index (χ1) is 10.1. The molecular formula is C17H19BrN2S. The quantitative estimate of drug-likeness (QED) is 0.696. The molecular weight excluding hydrogens is 344 g/mol. The molecule has 0 amide bonds. The van der Waals surface area contributed by atoms with Crippen molar-refractivity contribution in [2.75, 3.05) is 5.32 Å². The Kier molecular flexibility index (Phi) is 5.76. The second-order valence-corrected chi connectivity index (χ2v) is 6.25. The van der Waals surface area contributed by atoms with Gasteiger partial charge in [0.2, 0.25) is 0 Å². The summed E-state index contributed by atoms with van der Waals surface area (Å²) in [6, 6.07) is 14.4. The summed E-state index contributed by atoms with van der Waals surface area (Å²) in [5.74, 6) is 0. The van der Waals surface area contributed by atoms with Crippen LogP contribution in [-0.2, 0) is 6.42 Å². The Bertz CT molecular complexity index is 623. The summed E-state index contributed by atoms with van der Waals surface area (Å²) >= 11 is 8.62. The molecule has 0 saturated heterocycles. The molecule has 0 saturated carbocycles. The van der Waals surface area contributed by atoms with E-state index in [1.54, 1.807) is 0 Å². The molecule has 2 nitrogen and oxygen atoms in total. The van der Waals surface area contributed by atoms with E-state index < -0.39 is 0 Å². The Balaban J connectivity index is 2.19. The number of hydrogen-bond acceptors (Lipinski definition) is 2. The molecule has 0 unspecified atom stereocenters. The summed E-state index contributed by atoms with van der Waals surface area (Å²) in [4.78, 5) is 0.379. The first-order valence-electron chi connectivity index (χ1n) is 7.06. The predicted molar refractivity (Wildman–Crippen MR) is 98.4 cm³/mol. The zero-order valence-electron chi connectivity index (χ0n) is 12.0. The fourth-order valence-electron chi connectivity index (χ4n) is 2.17. The van der Waals surface area contributed by atoms with E-state index in [1.807, 2.05) is 18.2 Å². The summed E-state index contributed by atoms with van der Waals surface area (Å²) in [6.45, 7) is 2.21. The zero-order valence-corrected chi connectivity index (χ0v) is 14.4. The van der Waals surface area contributed by atoms with E-state index in [4.69, 9.17) is 18.0 Å². The van der Waals surface area contributed by atoms with Crippen molar-refractivity contribution in [1.29, 1.82) is 0 Å². The molecule has 0 bridgehead atoms. The van der Waals surface area contributed by atoms with Gasteiger partial charge in [0.25, 0.3) is 0 Å². The van der Waals surface area contributed by atoms with Crippen LogP contribution in [-0.4, -0.2) is 4.99 Å². The number of thiocarbonyl (C=S) groups is 1. The summed E-state index contributed by atoms with van der Waals surface area (Å²) in [5, 5.41) is 3.38. The van der Waals surface area contributed by atoms with Crippen molar-refractivity contribution in [3.63, 3.8) is 0 Å². The fourth-order valence-corrected chi connectivity index (χ4v) is 3.10. The number of rotatable bonds is 6. The van der Waals surface area contributed by atoms with E-state index in [0.29, 0.717) is 4.99 Å². The van der Waals surface area contributed by atoms with Gasteiger partial charge in [-0.2, -0.15) is 0 Å². The highest BCUT2D eigenvalue weighted by Gasteiger charge is 2.09. The van der Waals surface area contributed by atoms with Gasteiger partial charge in [-0.25, -0.2) is 0 Å². The van der Waals surface area contributed by atoms with Gasteiger partial charge in [-0.15, -0.1) is 0 Å². The summed E-state index contributed by atoms with van der Waals surface area (Å²) in [6.07, 6.45) is 3.57. The molecule has 0 aliphatic heterocycles. The minimum absolute atomic E-state index is 0.379. The number of nitrogens with one attached hydrogen (secondary N) is 1. The van der Waals surface area contributed by atoms with E-state index in [-0.39, 0.29) is 0 Å². The molecule has 0 fully saturated rings. The van der Waals surface area contributed by atoms with Crippen LogP contribution in [0.2, 0.25) is 0 Å². The highest BCUT2D eigenvalue weighted by molar-refractivity contribution is 9.10. The van der Waals surface area contributed by atoms with Gasteiger partial charge in [0, 0.05) is 21.4 Å². The van der Waals surface area contributed by atoms with Gasteiger partial charge >= 0.3 is 0 Å². The first-order valence-corrected chi connectivity index (χ1v) is 8.26. The number of nitrogens with two attached hydrogens (primary N) is 1. The number of halogens is 1. The summed E-state index contributed by atoms with van der Waals surface area (Å²) < 4.78 is 0.902. The summed E-state index contributed by atoms with van der Waals surface area (Å²) in [5.41, 5.74) is 9.96. The molecule has 4 heteroatoms. The SMILES string of the molecule is CCCCc1ccc(Nc2cccc(Br)c2C(N)=S)cc1. The monoisotopic (exact) mass is 362 g/mol. The minimum atomic E-state index is 0.379.